The van der Waals surface area contributed by atoms with Crippen LogP contribution in [0.4, 0.5) is 11.5 Å². The fourth-order valence-corrected chi connectivity index (χ4v) is 2.50. The summed E-state index contributed by atoms with van der Waals surface area (Å²) in [5.41, 5.74) is 0.464. The maximum atomic E-state index is 12.3. The number of rotatable bonds is 7. The monoisotopic (exact) mass is 410 g/mol. The average Bonchev–Trinajstić information content (AvgIpc) is 2.63. The summed E-state index contributed by atoms with van der Waals surface area (Å²) in [6.45, 7) is 1.69. The second-order valence-electron chi connectivity index (χ2n) is 5.83. The number of carbonyl (C=O) groups is 2. The van der Waals surface area contributed by atoms with Gasteiger partial charge in [0.15, 0.2) is 0 Å². The van der Waals surface area contributed by atoms with E-state index in [9.17, 15) is 9.59 Å². The van der Waals surface area contributed by atoms with Gasteiger partial charge in [0.25, 0.3) is 0 Å². The van der Waals surface area contributed by atoms with Crippen molar-refractivity contribution < 1.29 is 14.3 Å². The summed E-state index contributed by atoms with van der Waals surface area (Å²) in [7, 11) is 3.18. The largest absolute Gasteiger partial charge is 0.495 e. The van der Waals surface area contributed by atoms with E-state index >= 15 is 0 Å². The number of nitrogens with zero attached hydrogens (tertiary/aromatic N) is 2. The number of ether oxygens (including phenoxy) is 1. The second-order valence-corrected chi connectivity index (χ2v) is 6.71. The second kappa shape index (κ2) is 9.55. The molecule has 0 aliphatic carbocycles. The topological polar surface area (TPSA) is 83.6 Å². The number of methoxy groups -OCH3 is 1. The Kier molecular flexibility index (Phi) is 7.41. The molecule has 1 heterocycles. The molecule has 0 bridgehead atoms. The van der Waals surface area contributed by atoms with E-state index in [4.69, 9.17) is 27.9 Å². The number of pyridine rings is 1. The molecule has 1 aromatic carbocycles. The molecular weight excluding hydrogens is 391 g/mol. The van der Waals surface area contributed by atoms with Crippen LogP contribution in [0, 0.1) is 0 Å². The number of hydrogen-bond donors (Lipinski definition) is 2. The number of benzene rings is 1. The quantitative estimate of drug-likeness (QED) is 0.731. The molecule has 0 aliphatic rings. The highest BCUT2D eigenvalue weighted by molar-refractivity contribution is 6.31. The van der Waals surface area contributed by atoms with Crippen molar-refractivity contribution in [3.63, 3.8) is 0 Å². The molecule has 0 unspecified atom stereocenters. The first-order chi connectivity index (χ1) is 12.8. The Balaban J connectivity index is 1.94. The molecule has 2 aromatic rings. The molecule has 9 heteroatoms. The van der Waals surface area contributed by atoms with Gasteiger partial charge in [0.1, 0.15) is 11.6 Å². The van der Waals surface area contributed by atoms with Crippen LogP contribution in [0.25, 0.3) is 0 Å². The first-order valence-electron chi connectivity index (χ1n) is 8.06. The van der Waals surface area contributed by atoms with Crippen LogP contribution in [0.2, 0.25) is 10.0 Å². The molecule has 27 heavy (non-hydrogen) atoms. The summed E-state index contributed by atoms with van der Waals surface area (Å²) in [6, 6.07) is 7.60. The highest BCUT2D eigenvalue weighted by atomic mass is 35.5. The molecule has 2 amide bonds. The summed E-state index contributed by atoms with van der Waals surface area (Å²) in [5, 5.41) is 6.37. The Morgan fingerprint density at radius 3 is 2.52 bits per heavy atom. The minimum Gasteiger partial charge on any atom is -0.495 e. The average molecular weight is 411 g/mol. The van der Waals surface area contributed by atoms with Gasteiger partial charge in [-0.15, -0.1) is 0 Å². The van der Waals surface area contributed by atoms with Crippen molar-refractivity contribution in [1.29, 1.82) is 0 Å². The molecule has 2 N–H and O–H groups in total. The molecule has 0 radical (unpaired) electrons. The first kappa shape index (κ1) is 21.0. The lowest BCUT2D eigenvalue weighted by molar-refractivity contribution is -0.122. The van der Waals surface area contributed by atoms with Gasteiger partial charge in [0.2, 0.25) is 11.8 Å². The number of carbonyl (C=O) groups excluding carboxylic acids is 2. The van der Waals surface area contributed by atoms with E-state index in [-0.39, 0.29) is 18.4 Å². The number of hydrogen-bond acceptors (Lipinski definition) is 5. The lowest BCUT2D eigenvalue weighted by atomic mass is 10.2. The van der Waals surface area contributed by atoms with Gasteiger partial charge >= 0.3 is 0 Å². The van der Waals surface area contributed by atoms with E-state index in [1.54, 1.807) is 49.2 Å². The van der Waals surface area contributed by atoms with Gasteiger partial charge in [-0.1, -0.05) is 23.2 Å². The fourth-order valence-electron chi connectivity index (χ4n) is 2.21. The van der Waals surface area contributed by atoms with Crippen LogP contribution in [0.1, 0.15) is 6.92 Å². The predicted octanol–water partition coefficient (Wildman–Crippen LogP) is 3.29. The van der Waals surface area contributed by atoms with E-state index in [0.717, 1.165) is 0 Å². The lowest BCUT2D eigenvalue weighted by Gasteiger charge is -2.23. The Morgan fingerprint density at radius 1 is 1.19 bits per heavy atom. The van der Waals surface area contributed by atoms with Crippen molar-refractivity contribution in [2.24, 2.45) is 0 Å². The van der Waals surface area contributed by atoms with Gasteiger partial charge in [0.05, 0.1) is 30.4 Å². The fraction of sp³-hybridized carbons (Fsp3) is 0.278. The summed E-state index contributed by atoms with van der Waals surface area (Å²) in [6.07, 6.45) is 1.44. The number of likely N-dealkylation sites (N-methyl/N-ethyl adjacent to an activating group) is 1. The Bertz CT molecular complexity index is 815. The summed E-state index contributed by atoms with van der Waals surface area (Å²) in [4.78, 5) is 30.3. The van der Waals surface area contributed by atoms with Crippen LogP contribution in [0.3, 0.4) is 0 Å². The molecule has 0 saturated carbocycles. The van der Waals surface area contributed by atoms with Crippen molar-refractivity contribution >= 4 is 46.5 Å². The molecule has 0 fully saturated rings. The van der Waals surface area contributed by atoms with Crippen molar-refractivity contribution in [2.45, 2.75) is 13.0 Å². The maximum Gasteiger partial charge on any atom is 0.242 e. The first-order valence-corrected chi connectivity index (χ1v) is 8.81. The minimum atomic E-state index is -0.561. The summed E-state index contributed by atoms with van der Waals surface area (Å²) in [5.74, 6) is 0.288. The van der Waals surface area contributed by atoms with Crippen molar-refractivity contribution in [1.82, 2.24) is 9.88 Å². The van der Waals surface area contributed by atoms with Crippen LogP contribution < -0.4 is 15.4 Å². The lowest BCUT2D eigenvalue weighted by Crippen LogP contribution is -2.43. The standard InChI is InChI=1S/C18H20Cl2N4O3/c1-11(18(26)23-16-7-5-13(20)9-21-16)24(2)10-17(25)22-14-8-12(19)4-6-15(14)27-3/h4-9,11H,10H2,1-3H3,(H,22,25)(H,21,23,26)/t11-/m0/s1. The third-order valence-corrected chi connectivity index (χ3v) is 4.31. The van der Waals surface area contributed by atoms with Gasteiger partial charge in [-0.05, 0) is 44.3 Å². The number of aromatic nitrogens is 1. The molecule has 2 rings (SSSR count). The normalized spacial score (nSPS) is 11.8. The van der Waals surface area contributed by atoms with Crippen molar-refractivity contribution in [3.8, 4) is 5.75 Å². The smallest absolute Gasteiger partial charge is 0.242 e. The molecular formula is C18H20Cl2N4O3. The van der Waals surface area contributed by atoms with Gasteiger partial charge in [-0.3, -0.25) is 14.5 Å². The maximum absolute atomic E-state index is 12.3. The third-order valence-electron chi connectivity index (χ3n) is 3.85. The SMILES string of the molecule is COc1ccc(Cl)cc1NC(=O)CN(C)[C@@H](C)C(=O)Nc1ccc(Cl)cn1. The molecule has 0 saturated heterocycles. The van der Waals surface area contributed by atoms with Crippen molar-refractivity contribution in [3.05, 3.63) is 46.6 Å². The molecule has 1 aromatic heterocycles. The molecule has 7 nitrogen and oxygen atoms in total. The highest BCUT2D eigenvalue weighted by Crippen LogP contribution is 2.27. The van der Waals surface area contributed by atoms with E-state index < -0.39 is 6.04 Å². The summed E-state index contributed by atoms with van der Waals surface area (Å²) < 4.78 is 5.20. The van der Waals surface area contributed by atoms with Crippen LogP contribution in [-0.4, -0.2) is 48.4 Å². The van der Waals surface area contributed by atoms with Gasteiger partial charge < -0.3 is 15.4 Å². The van der Waals surface area contributed by atoms with Gasteiger partial charge in [0, 0.05) is 11.2 Å². The minimum absolute atomic E-state index is 0.00169. The van der Waals surface area contributed by atoms with E-state index in [1.165, 1.54) is 13.3 Å². The van der Waals surface area contributed by atoms with Crippen LogP contribution in [0.5, 0.6) is 5.75 Å². The predicted molar refractivity (Wildman–Crippen MR) is 107 cm³/mol. The zero-order valence-corrected chi connectivity index (χ0v) is 16.6. The zero-order chi connectivity index (χ0) is 20.0. The number of amides is 2. The summed E-state index contributed by atoms with van der Waals surface area (Å²) >= 11 is 11.7. The van der Waals surface area contributed by atoms with Crippen LogP contribution >= 0.6 is 23.2 Å². The van der Waals surface area contributed by atoms with E-state index in [1.807, 2.05) is 0 Å². The number of halogens is 2. The van der Waals surface area contributed by atoms with Gasteiger partial charge in [-0.2, -0.15) is 0 Å². The van der Waals surface area contributed by atoms with Crippen molar-refractivity contribution in [2.75, 3.05) is 31.3 Å². The molecule has 0 spiro atoms. The third kappa shape index (κ3) is 6.09. The van der Waals surface area contributed by atoms with E-state index in [0.29, 0.717) is 27.3 Å². The Labute approximate surface area is 167 Å². The van der Waals surface area contributed by atoms with Gasteiger partial charge in [-0.25, -0.2) is 4.98 Å². The molecule has 0 aliphatic heterocycles. The number of nitrogens with one attached hydrogen (secondary N) is 2. The number of anilines is 2. The highest BCUT2D eigenvalue weighted by Gasteiger charge is 2.21. The Morgan fingerprint density at radius 2 is 1.89 bits per heavy atom. The van der Waals surface area contributed by atoms with Crippen LogP contribution in [0.15, 0.2) is 36.5 Å². The van der Waals surface area contributed by atoms with E-state index in [2.05, 4.69) is 15.6 Å². The zero-order valence-electron chi connectivity index (χ0n) is 15.1. The molecule has 1 atom stereocenters. The Hall–Kier alpha value is -2.35. The van der Waals surface area contributed by atoms with Crippen LogP contribution in [-0.2, 0) is 9.59 Å². The molecule has 144 valence electrons.